The lowest BCUT2D eigenvalue weighted by atomic mass is 9.95. The smallest absolute Gasteiger partial charge is 0.225 e. The minimum atomic E-state index is 0.0349. The molecule has 5 nitrogen and oxygen atoms in total. The second-order valence-electron chi connectivity index (χ2n) is 6.25. The van der Waals surface area contributed by atoms with Gasteiger partial charge in [-0.3, -0.25) is 4.79 Å². The van der Waals surface area contributed by atoms with E-state index >= 15 is 0 Å². The number of carbonyl (C=O) groups excluding carboxylic acids is 1. The standard InChI is InChI=1S/C18H20Cl2N4O/c1-23(12-13-3-4-15(19)16(20)11-13)17(25)14-5-9-24(10-6-14)18-21-7-2-8-22-18/h2-4,7-8,11,14H,5-6,9-10,12H2,1H3. The molecule has 7 heteroatoms. The summed E-state index contributed by atoms with van der Waals surface area (Å²) < 4.78 is 0. The molecule has 132 valence electrons. The number of aromatic nitrogens is 2. The molecule has 0 N–H and O–H groups in total. The van der Waals surface area contributed by atoms with Crippen LogP contribution < -0.4 is 4.90 Å². The summed E-state index contributed by atoms with van der Waals surface area (Å²) in [6.07, 6.45) is 5.10. The third-order valence-corrected chi connectivity index (χ3v) is 5.20. The molecule has 0 spiro atoms. The first-order valence-corrected chi connectivity index (χ1v) is 9.01. The van der Waals surface area contributed by atoms with Crippen LogP contribution in [0.4, 0.5) is 5.95 Å². The molecule has 0 unspecified atom stereocenters. The fourth-order valence-corrected chi connectivity index (χ4v) is 3.40. The number of nitrogens with zero attached hydrogens (tertiary/aromatic N) is 4. The van der Waals surface area contributed by atoms with Crippen molar-refractivity contribution in [3.8, 4) is 0 Å². The molecule has 3 rings (SSSR count). The molecule has 1 aromatic heterocycles. The molecular formula is C18H20Cl2N4O. The summed E-state index contributed by atoms with van der Waals surface area (Å²) in [4.78, 5) is 25.2. The van der Waals surface area contributed by atoms with Gasteiger partial charge in [-0.2, -0.15) is 0 Å². The van der Waals surface area contributed by atoms with Crippen LogP contribution in [0.2, 0.25) is 10.0 Å². The van der Waals surface area contributed by atoms with Crippen molar-refractivity contribution >= 4 is 35.1 Å². The third kappa shape index (κ3) is 4.41. The van der Waals surface area contributed by atoms with Crippen molar-refractivity contribution in [2.75, 3.05) is 25.0 Å². The predicted molar refractivity (Wildman–Crippen MR) is 99.9 cm³/mol. The van der Waals surface area contributed by atoms with E-state index in [0.29, 0.717) is 16.6 Å². The number of carbonyl (C=O) groups is 1. The largest absolute Gasteiger partial charge is 0.341 e. The zero-order valence-corrected chi connectivity index (χ0v) is 15.5. The molecule has 0 aliphatic carbocycles. The average Bonchev–Trinajstić information content (AvgIpc) is 2.65. The van der Waals surface area contributed by atoms with Crippen molar-refractivity contribution in [1.82, 2.24) is 14.9 Å². The Bertz CT molecular complexity index is 733. The number of piperidine rings is 1. The van der Waals surface area contributed by atoms with E-state index in [9.17, 15) is 4.79 Å². The summed E-state index contributed by atoms with van der Waals surface area (Å²) in [6, 6.07) is 7.27. The third-order valence-electron chi connectivity index (χ3n) is 4.46. The first kappa shape index (κ1) is 18.0. The first-order chi connectivity index (χ1) is 12.0. The minimum absolute atomic E-state index is 0.0349. The van der Waals surface area contributed by atoms with Gasteiger partial charge in [0.2, 0.25) is 11.9 Å². The average molecular weight is 379 g/mol. The number of rotatable bonds is 4. The molecule has 1 fully saturated rings. The van der Waals surface area contributed by atoms with Crippen molar-refractivity contribution in [2.45, 2.75) is 19.4 Å². The second kappa shape index (κ2) is 8.02. The summed E-state index contributed by atoms with van der Waals surface area (Å²) in [7, 11) is 1.83. The number of benzene rings is 1. The van der Waals surface area contributed by atoms with E-state index in [2.05, 4.69) is 14.9 Å². The zero-order chi connectivity index (χ0) is 17.8. The Labute approximate surface area is 157 Å². The number of hydrogen-bond acceptors (Lipinski definition) is 4. The number of halogens is 2. The van der Waals surface area contributed by atoms with Crippen LogP contribution in [0.3, 0.4) is 0 Å². The molecule has 1 amide bonds. The Hall–Kier alpha value is -1.85. The van der Waals surface area contributed by atoms with E-state index in [1.807, 2.05) is 19.2 Å². The van der Waals surface area contributed by atoms with Crippen LogP contribution >= 0.6 is 23.2 Å². The summed E-state index contributed by atoms with van der Waals surface area (Å²) in [5.74, 6) is 0.935. The molecule has 0 atom stereocenters. The Kier molecular flexibility index (Phi) is 5.76. The summed E-state index contributed by atoms with van der Waals surface area (Å²) >= 11 is 12.0. The SMILES string of the molecule is CN(Cc1ccc(Cl)c(Cl)c1)C(=O)C1CCN(c2ncccn2)CC1. The second-order valence-corrected chi connectivity index (χ2v) is 7.07. The maximum Gasteiger partial charge on any atom is 0.225 e. The monoisotopic (exact) mass is 378 g/mol. The van der Waals surface area contributed by atoms with Gasteiger partial charge in [0.25, 0.3) is 0 Å². The highest BCUT2D eigenvalue weighted by Crippen LogP contribution is 2.25. The van der Waals surface area contributed by atoms with Crippen LogP contribution in [-0.4, -0.2) is 40.9 Å². The fourth-order valence-electron chi connectivity index (χ4n) is 3.08. The van der Waals surface area contributed by atoms with Crippen LogP contribution in [0.5, 0.6) is 0 Å². The Morgan fingerprint density at radius 3 is 2.52 bits per heavy atom. The summed E-state index contributed by atoms with van der Waals surface area (Å²) in [5.41, 5.74) is 0.973. The van der Waals surface area contributed by atoms with E-state index in [4.69, 9.17) is 23.2 Å². The molecule has 0 radical (unpaired) electrons. The van der Waals surface area contributed by atoms with E-state index in [1.54, 1.807) is 29.4 Å². The molecule has 2 aromatic rings. The van der Waals surface area contributed by atoms with Gasteiger partial charge in [-0.1, -0.05) is 29.3 Å². The van der Waals surface area contributed by atoms with E-state index in [0.717, 1.165) is 37.4 Å². The molecular weight excluding hydrogens is 359 g/mol. The Balaban J connectivity index is 1.55. The molecule has 0 saturated carbocycles. The van der Waals surface area contributed by atoms with Gasteiger partial charge in [-0.05, 0) is 36.6 Å². The van der Waals surface area contributed by atoms with Crippen LogP contribution in [0, 0.1) is 5.92 Å². The fraction of sp³-hybridized carbons (Fsp3) is 0.389. The Morgan fingerprint density at radius 2 is 1.88 bits per heavy atom. The highest BCUT2D eigenvalue weighted by Gasteiger charge is 2.28. The summed E-state index contributed by atoms with van der Waals surface area (Å²) in [5, 5.41) is 1.03. The van der Waals surface area contributed by atoms with Gasteiger partial charge in [0.1, 0.15) is 0 Å². The van der Waals surface area contributed by atoms with Crippen LogP contribution in [-0.2, 0) is 11.3 Å². The quantitative estimate of drug-likeness (QED) is 0.814. The molecule has 2 heterocycles. The van der Waals surface area contributed by atoms with Crippen molar-refractivity contribution < 1.29 is 4.79 Å². The van der Waals surface area contributed by atoms with Crippen LogP contribution in [0.1, 0.15) is 18.4 Å². The van der Waals surface area contributed by atoms with Crippen molar-refractivity contribution in [1.29, 1.82) is 0 Å². The minimum Gasteiger partial charge on any atom is -0.341 e. The molecule has 1 saturated heterocycles. The normalized spacial score (nSPS) is 15.2. The number of anilines is 1. The van der Waals surface area contributed by atoms with Crippen LogP contribution in [0.25, 0.3) is 0 Å². The van der Waals surface area contributed by atoms with Gasteiger partial charge in [0.05, 0.1) is 10.0 Å². The lowest BCUT2D eigenvalue weighted by molar-refractivity contribution is -0.135. The molecule has 1 aromatic carbocycles. The summed E-state index contributed by atoms with van der Waals surface area (Å²) in [6.45, 7) is 2.11. The molecule has 1 aliphatic heterocycles. The lowest BCUT2D eigenvalue weighted by Gasteiger charge is -2.33. The predicted octanol–water partition coefficient (Wildman–Crippen LogP) is 3.66. The van der Waals surface area contributed by atoms with Gasteiger partial charge in [0.15, 0.2) is 0 Å². The highest BCUT2D eigenvalue weighted by atomic mass is 35.5. The maximum absolute atomic E-state index is 12.7. The van der Waals surface area contributed by atoms with Crippen molar-refractivity contribution in [3.63, 3.8) is 0 Å². The van der Waals surface area contributed by atoms with Gasteiger partial charge in [-0.15, -0.1) is 0 Å². The van der Waals surface area contributed by atoms with Crippen molar-refractivity contribution in [3.05, 3.63) is 52.3 Å². The van der Waals surface area contributed by atoms with Gasteiger partial charge in [0, 0.05) is 45.0 Å². The lowest BCUT2D eigenvalue weighted by Crippen LogP contribution is -2.41. The number of hydrogen-bond donors (Lipinski definition) is 0. The highest BCUT2D eigenvalue weighted by molar-refractivity contribution is 6.42. The van der Waals surface area contributed by atoms with Crippen LogP contribution in [0.15, 0.2) is 36.7 Å². The molecule has 25 heavy (non-hydrogen) atoms. The van der Waals surface area contributed by atoms with Crippen molar-refractivity contribution in [2.24, 2.45) is 5.92 Å². The van der Waals surface area contributed by atoms with Gasteiger partial charge >= 0.3 is 0 Å². The first-order valence-electron chi connectivity index (χ1n) is 8.25. The van der Waals surface area contributed by atoms with E-state index in [-0.39, 0.29) is 11.8 Å². The van der Waals surface area contributed by atoms with E-state index < -0.39 is 0 Å². The molecule has 0 bridgehead atoms. The van der Waals surface area contributed by atoms with E-state index in [1.165, 1.54) is 0 Å². The van der Waals surface area contributed by atoms with Gasteiger partial charge < -0.3 is 9.80 Å². The number of amides is 1. The zero-order valence-electron chi connectivity index (χ0n) is 14.0. The Morgan fingerprint density at radius 1 is 1.20 bits per heavy atom. The van der Waals surface area contributed by atoms with Gasteiger partial charge in [-0.25, -0.2) is 9.97 Å². The topological polar surface area (TPSA) is 49.3 Å². The molecule has 1 aliphatic rings. The maximum atomic E-state index is 12.7.